The predicted molar refractivity (Wildman–Crippen MR) is 58.0 cm³/mol. The molecule has 0 radical (unpaired) electrons. The maximum atomic E-state index is 11.9. The molecule has 0 saturated heterocycles. The van der Waals surface area contributed by atoms with Crippen molar-refractivity contribution in [3.8, 4) is 0 Å². The van der Waals surface area contributed by atoms with Crippen molar-refractivity contribution >= 4 is 15.6 Å². The third kappa shape index (κ3) is 2.56. The minimum Gasteiger partial charge on any atom is -0.298 e. The molecule has 0 N–H and O–H groups in total. The van der Waals surface area contributed by atoms with Crippen molar-refractivity contribution in [3.63, 3.8) is 0 Å². The Morgan fingerprint density at radius 1 is 1.21 bits per heavy atom. The van der Waals surface area contributed by atoms with Crippen LogP contribution in [0.5, 0.6) is 0 Å². The van der Waals surface area contributed by atoms with E-state index >= 15 is 0 Å². The molecule has 4 heteroatoms. The summed E-state index contributed by atoms with van der Waals surface area (Å²) in [4.78, 5) is 11.9. The van der Waals surface area contributed by atoms with Gasteiger partial charge in [-0.25, -0.2) is 8.42 Å². The number of Topliss-reactive ketones (excluding diaryl/α,β-unsaturated/α-hetero) is 1. The van der Waals surface area contributed by atoms with Crippen molar-refractivity contribution in [2.75, 3.05) is 6.26 Å². The first kappa shape index (κ1) is 13.6. The maximum absolute atomic E-state index is 11.9. The molecule has 0 spiro atoms. The molecular weight excluding hydrogens is 200 g/mol. The van der Waals surface area contributed by atoms with E-state index < -0.39 is 14.6 Å². The van der Waals surface area contributed by atoms with Gasteiger partial charge >= 0.3 is 0 Å². The highest BCUT2D eigenvalue weighted by atomic mass is 32.2. The number of sulfone groups is 1. The van der Waals surface area contributed by atoms with Crippen molar-refractivity contribution < 1.29 is 13.2 Å². The zero-order valence-corrected chi connectivity index (χ0v) is 10.4. The average Bonchev–Trinajstić information content (AvgIpc) is 2.04. The number of hydrogen-bond donors (Lipinski definition) is 0. The van der Waals surface area contributed by atoms with Gasteiger partial charge in [0.2, 0.25) is 0 Å². The van der Waals surface area contributed by atoms with Crippen molar-refractivity contribution in [2.24, 2.45) is 5.92 Å². The van der Waals surface area contributed by atoms with E-state index in [1.807, 2.05) is 13.8 Å². The van der Waals surface area contributed by atoms with E-state index in [4.69, 9.17) is 0 Å². The Morgan fingerprint density at radius 2 is 1.57 bits per heavy atom. The highest BCUT2D eigenvalue weighted by molar-refractivity contribution is 7.92. The lowest BCUT2D eigenvalue weighted by atomic mass is 9.90. The molecule has 0 aliphatic heterocycles. The monoisotopic (exact) mass is 220 g/mol. The minimum atomic E-state index is -3.32. The molecule has 0 atom stereocenters. The van der Waals surface area contributed by atoms with E-state index in [1.165, 1.54) is 13.8 Å². The fraction of sp³-hybridized carbons (Fsp3) is 0.900. The van der Waals surface area contributed by atoms with Gasteiger partial charge in [0.15, 0.2) is 15.6 Å². The maximum Gasteiger partial charge on any atom is 0.159 e. The molecule has 0 saturated carbocycles. The summed E-state index contributed by atoms with van der Waals surface area (Å²) in [6.07, 6.45) is 2.52. The molecule has 0 aromatic rings. The summed E-state index contributed by atoms with van der Waals surface area (Å²) in [7, 11) is -3.32. The molecule has 0 heterocycles. The summed E-state index contributed by atoms with van der Waals surface area (Å²) in [5.41, 5.74) is 0. The SMILES string of the molecule is CCC(CC)C(=O)C(C)(C)S(C)(=O)=O. The van der Waals surface area contributed by atoms with E-state index in [2.05, 4.69) is 0 Å². The Balaban J connectivity index is 5.03. The lowest BCUT2D eigenvalue weighted by Gasteiger charge is -2.25. The Morgan fingerprint density at radius 3 is 1.79 bits per heavy atom. The standard InChI is InChI=1S/C10H20O3S/c1-6-8(7-2)9(11)10(3,4)14(5,12)13/h8H,6-7H2,1-5H3. The van der Waals surface area contributed by atoms with Crippen LogP contribution in [0, 0.1) is 5.92 Å². The van der Waals surface area contributed by atoms with Crippen LogP contribution in [0.3, 0.4) is 0 Å². The van der Waals surface area contributed by atoms with Crippen molar-refractivity contribution in [1.29, 1.82) is 0 Å². The first-order chi connectivity index (χ1) is 6.18. The predicted octanol–water partition coefficient (Wildman–Crippen LogP) is 1.81. The average molecular weight is 220 g/mol. The number of ketones is 1. The molecule has 0 bridgehead atoms. The number of carbonyl (C=O) groups excluding carboxylic acids is 1. The van der Waals surface area contributed by atoms with Gasteiger partial charge in [-0.15, -0.1) is 0 Å². The van der Waals surface area contributed by atoms with Gasteiger partial charge in [-0.05, 0) is 26.7 Å². The van der Waals surface area contributed by atoms with E-state index in [9.17, 15) is 13.2 Å². The Bertz CT molecular complexity index is 297. The first-order valence-electron chi connectivity index (χ1n) is 4.92. The van der Waals surface area contributed by atoms with Crippen LogP contribution in [0.15, 0.2) is 0 Å². The largest absolute Gasteiger partial charge is 0.298 e. The molecule has 14 heavy (non-hydrogen) atoms. The molecule has 0 aromatic carbocycles. The van der Waals surface area contributed by atoms with Crippen molar-refractivity contribution in [2.45, 2.75) is 45.3 Å². The van der Waals surface area contributed by atoms with Crippen LogP contribution in [-0.4, -0.2) is 25.2 Å². The zero-order valence-electron chi connectivity index (χ0n) is 9.62. The van der Waals surface area contributed by atoms with Crippen LogP contribution in [0.4, 0.5) is 0 Å². The van der Waals surface area contributed by atoms with E-state index in [1.54, 1.807) is 0 Å². The minimum absolute atomic E-state index is 0.139. The number of rotatable bonds is 5. The lowest BCUT2D eigenvalue weighted by Crippen LogP contribution is -2.43. The number of hydrogen-bond acceptors (Lipinski definition) is 3. The Labute approximate surface area is 86.8 Å². The second kappa shape index (κ2) is 4.43. The second-order valence-corrected chi connectivity index (χ2v) is 6.73. The summed E-state index contributed by atoms with van der Waals surface area (Å²) in [5, 5.41) is 0. The quantitative estimate of drug-likeness (QED) is 0.710. The summed E-state index contributed by atoms with van der Waals surface area (Å²) in [5.74, 6) is -0.301. The lowest BCUT2D eigenvalue weighted by molar-refractivity contribution is -0.124. The molecule has 0 unspecified atom stereocenters. The van der Waals surface area contributed by atoms with E-state index in [0.29, 0.717) is 12.8 Å². The van der Waals surface area contributed by atoms with Crippen molar-refractivity contribution in [1.82, 2.24) is 0 Å². The molecule has 0 aromatic heterocycles. The fourth-order valence-electron chi connectivity index (χ4n) is 1.33. The van der Waals surface area contributed by atoms with Gasteiger partial charge in [0, 0.05) is 12.2 Å². The fourth-order valence-corrected chi connectivity index (χ4v) is 1.87. The van der Waals surface area contributed by atoms with Crippen LogP contribution >= 0.6 is 0 Å². The molecule has 3 nitrogen and oxygen atoms in total. The molecule has 0 amide bonds. The zero-order chi connectivity index (χ0) is 11.6. The molecule has 84 valence electrons. The summed E-state index contributed by atoms with van der Waals surface area (Å²) >= 11 is 0. The summed E-state index contributed by atoms with van der Waals surface area (Å²) in [6, 6.07) is 0. The van der Waals surface area contributed by atoms with E-state index in [0.717, 1.165) is 6.26 Å². The van der Waals surface area contributed by atoms with Crippen LogP contribution in [0.1, 0.15) is 40.5 Å². The number of carbonyl (C=O) groups is 1. The summed E-state index contributed by atoms with van der Waals surface area (Å²) < 4.78 is 21.6. The third-order valence-electron chi connectivity index (χ3n) is 2.88. The highest BCUT2D eigenvalue weighted by Gasteiger charge is 2.40. The smallest absolute Gasteiger partial charge is 0.159 e. The molecule has 0 rings (SSSR count). The molecular formula is C10H20O3S. The third-order valence-corrected chi connectivity index (χ3v) is 4.93. The Kier molecular flexibility index (Phi) is 4.31. The van der Waals surface area contributed by atoms with Crippen LogP contribution in [0.25, 0.3) is 0 Å². The highest BCUT2D eigenvalue weighted by Crippen LogP contribution is 2.24. The van der Waals surface area contributed by atoms with Crippen LogP contribution < -0.4 is 0 Å². The Hall–Kier alpha value is -0.380. The van der Waals surface area contributed by atoms with Gasteiger partial charge in [-0.1, -0.05) is 13.8 Å². The van der Waals surface area contributed by atoms with Crippen LogP contribution in [0.2, 0.25) is 0 Å². The van der Waals surface area contributed by atoms with Crippen LogP contribution in [-0.2, 0) is 14.6 Å². The summed E-state index contributed by atoms with van der Waals surface area (Å²) in [6.45, 7) is 6.79. The topological polar surface area (TPSA) is 51.2 Å². The second-order valence-electron chi connectivity index (χ2n) is 4.16. The van der Waals surface area contributed by atoms with Gasteiger partial charge in [0.1, 0.15) is 4.75 Å². The van der Waals surface area contributed by atoms with Gasteiger partial charge in [-0.3, -0.25) is 4.79 Å². The molecule has 0 fully saturated rings. The van der Waals surface area contributed by atoms with Gasteiger partial charge in [0.05, 0.1) is 0 Å². The molecule has 0 aliphatic carbocycles. The molecule has 0 aliphatic rings. The van der Waals surface area contributed by atoms with Gasteiger partial charge in [0.25, 0.3) is 0 Å². The van der Waals surface area contributed by atoms with E-state index in [-0.39, 0.29) is 11.7 Å². The van der Waals surface area contributed by atoms with Crippen molar-refractivity contribution in [3.05, 3.63) is 0 Å². The van der Waals surface area contributed by atoms with Gasteiger partial charge in [-0.2, -0.15) is 0 Å². The first-order valence-corrected chi connectivity index (χ1v) is 6.81. The van der Waals surface area contributed by atoms with Gasteiger partial charge < -0.3 is 0 Å². The normalized spacial score (nSPS) is 13.3.